The van der Waals surface area contributed by atoms with Crippen molar-refractivity contribution in [3.05, 3.63) is 18.7 Å². The lowest BCUT2D eigenvalue weighted by molar-refractivity contribution is 1.55. The highest BCUT2D eigenvalue weighted by molar-refractivity contribution is 9.11. The normalized spacial score (nSPS) is 14.3. The summed E-state index contributed by atoms with van der Waals surface area (Å²) >= 11 is 11.2. The van der Waals surface area contributed by atoms with Crippen molar-refractivity contribution in [2.75, 3.05) is 0 Å². The molecule has 0 saturated carbocycles. The first-order valence-electron chi connectivity index (χ1n) is 5.10. The van der Waals surface area contributed by atoms with E-state index in [0.717, 1.165) is 0 Å². The fourth-order valence-electron chi connectivity index (χ4n) is 2.52. The summed E-state index contributed by atoms with van der Waals surface area (Å²) in [6.45, 7) is 6.97. The summed E-state index contributed by atoms with van der Waals surface area (Å²) in [4.78, 5) is 3.08. The average molecular weight is 394 g/mol. The van der Waals surface area contributed by atoms with E-state index in [4.69, 9.17) is 0 Å². The van der Waals surface area contributed by atoms with Gasteiger partial charge in [0.1, 0.15) is 8.80 Å². The Morgan fingerprint density at radius 2 is 1.25 bits per heavy atom. The van der Waals surface area contributed by atoms with Crippen molar-refractivity contribution >= 4 is 73.7 Å². The molecule has 0 amide bonds. The van der Waals surface area contributed by atoms with Gasteiger partial charge in [-0.15, -0.1) is 22.7 Å². The second-order valence-electron chi connectivity index (χ2n) is 4.21. The Balaban J connectivity index is 2.37. The lowest BCUT2D eigenvalue weighted by atomic mass is 10.3. The molecule has 2 aromatic heterocycles. The molecule has 3 rings (SSSR count). The van der Waals surface area contributed by atoms with Gasteiger partial charge in [-0.25, -0.2) is 0 Å². The van der Waals surface area contributed by atoms with Crippen LogP contribution in [0.2, 0.25) is 6.55 Å². The van der Waals surface area contributed by atoms with Crippen molar-refractivity contribution in [3.63, 3.8) is 0 Å². The van der Waals surface area contributed by atoms with Crippen molar-refractivity contribution in [2.24, 2.45) is 0 Å². The summed E-state index contributed by atoms with van der Waals surface area (Å²) in [6, 6.07) is 0. The molecule has 0 bridgehead atoms. The molecular weight excluding hydrogens is 384 g/mol. The van der Waals surface area contributed by atoms with E-state index in [1.165, 1.54) is 28.5 Å². The van der Waals surface area contributed by atoms with Crippen LogP contribution in [-0.4, -0.2) is 8.80 Å². The first-order valence-corrected chi connectivity index (χ1v) is 10.6. The number of thiophene rings is 2. The van der Waals surface area contributed by atoms with Crippen LogP contribution in [0.15, 0.2) is 7.57 Å². The van der Waals surface area contributed by atoms with Gasteiger partial charge < -0.3 is 0 Å². The molecule has 0 unspecified atom stereocenters. The molecule has 0 aromatic carbocycles. The van der Waals surface area contributed by atoms with Gasteiger partial charge in [0.25, 0.3) is 0 Å². The first kappa shape index (κ1) is 11.7. The van der Waals surface area contributed by atoms with Crippen LogP contribution < -0.4 is 10.4 Å². The Morgan fingerprint density at radius 3 is 1.62 bits per heavy atom. The molecule has 0 saturated heterocycles. The molecule has 84 valence electrons. The number of rotatable bonds is 0. The molecule has 0 spiro atoms. The average Bonchev–Trinajstić information content (AvgIpc) is 2.76. The highest BCUT2D eigenvalue weighted by Gasteiger charge is 2.35. The summed E-state index contributed by atoms with van der Waals surface area (Å²) in [6.07, 6.45) is 0. The number of hydrogen-bond donors (Lipinski definition) is 0. The Hall–Kier alpha value is 0.577. The van der Waals surface area contributed by atoms with Crippen LogP contribution in [0.3, 0.4) is 0 Å². The molecule has 16 heavy (non-hydrogen) atoms. The molecule has 0 nitrogen and oxygen atoms in total. The molecule has 0 aliphatic carbocycles. The zero-order valence-corrected chi connectivity index (χ0v) is 15.1. The predicted octanol–water partition coefficient (Wildman–Crippen LogP) is 3.90. The van der Waals surface area contributed by atoms with Gasteiger partial charge >= 0.3 is 0 Å². The third-order valence-electron chi connectivity index (χ3n) is 3.34. The highest BCUT2D eigenvalue weighted by atomic mass is 79.9. The minimum atomic E-state index is -0.921. The number of hydrogen-bond acceptors (Lipinski definition) is 2. The van der Waals surface area contributed by atoms with E-state index >= 15 is 0 Å². The maximum Gasteiger partial charge on any atom is 0.104 e. The van der Waals surface area contributed by atoms with Gasteiger partial charge in [-0.1, -0.05) is 6.55 Å². The molecule has 3 heterocycles. The molecule has 0 fully saturated rings. The first-order chi connectivity index (χ1) is 7.52. The van der Waals surface area contributed by atoms with Crippen molar-refractivity contribution in [1.29, 1.82) is 0 Å². The summed E-state index contributed by atoms with van der Waals surface area (Å²) in [5, 5.41) is 3.35. The molecule has 2 aromatic rings. The zero-order valence-electron chi connectivity index (χ0n) is 9.15. The fraction of sp³-hybridized carbons (Fsp3) is 0.273. The zero-order chi connectivity index (χ0) is 11.6. The van der Waals surface area contributed by atoms with Gasteiger partial charge in [-0.2, -0.15) is 0 Å². The molecule has 5 heteroatoms. The summed E-state index contributed by atoms with van der Waals surface area (Å²) in [7, 11) is -0.921. The van der Waals surface area contributed by atoms with Gasteiger partial charge in [-0.05, 0) is 67.2 Å². The molecule has 0 radical (unpaired) electrons. The molecular formula is C11H10Br2S2Si. The monoisotopic (exact) mass is 392 g/mol. The fourth-order valence-corrected chi connectivity index (χ4v) is 11.2. The van der Waals surface area contributed by atoms with Crippen LogP contribution in [-0.2, 0) is 0 Å². The third-order valence-corrected chi connectivity index (χ3v) is 11.5. The van der Waals surface area contributed by atoms with E-state index in [1.807, 2.05) is 22.7 Å². The van der Waals surface area contributed by atoms with Gasteiger partial charge in [0.15, 0.2) is 0 Å². The SMILES string of the molecule is Cc1c(Br)sc2c1[SiH](C)c1c-2sc(Br)c1C. The largest absolute Gasteiger partial charge is 0.127 e. The van der Waals surface area contributed by atoms with Gasteiger partial charge in [0.2, 0.25) is 0 Å². The minimum Gasteiger partial charge on any atom is -0.127 e. The number of fused-ring (bicyclic) bond motifs is 3. The minimum absolute atomic E-state index is 0.921. The maximum atomic E-state index is 3.68. The van der Waals surface area contributed by atoms with Gasteiger partial charge in [0, 0.05) is 9.75 Å². The quantitative estimate of drug-likeness (QED) is 0.595. The lowest BCUT2D eigenvalue weighted by Gasteiger charge is -2.05. The third kappa shape index (κ3) is 1.35. The van der Waals surface area contributed by atoms with Crippen LogP contribution in [0.1, 0.15) is 11.1 Å². The Bertz CT molecular complexity index is 545. The van der Waals surface area contributed by atoms with Crippen LogP contribution in [0.4, 0.5) is 0 Å². The van der Waals surface area contributed by atoms with Crippen LogP contribution in [0.5, 0.6) is 0 Å². The molecule has 1 aliphatic heterocycles. The van der Waals surface area contributed by atoms with Crippen molar-refractivity contribution in [1.82, 2.24) is 0 Å². The van der Waals surface area contributed by atoms with Crippen molar-refractivity contribution in [3.8, 4) is 9.75 Å². The Kier molecular flexibility index (Phi) is 2.76. The van der Waals surface area contributed by atoms with Crippen LogP contribution >= 0.6 is 54.5 Å². The summed E-state index contributed by atoms with van der Waals surface area (Å²) in [5.74, 6) is 0. The van der Waals surface area contributed by atoms with E-state index in [9.17, 15) is 0 Å². The van der Waals surface area contributed by atoms with E-state index in [0.29, 0.717) is 0 Å². The maximum absolute atomic E-state index is 3.68. The summed E-state index contributed by atoms with van der Waals surface area (Å²) in [5.41, 5.74) is 2.97. The second kappa shape index (κ2) is 3.78. The van der Waals surface area contributed by atoms with E-state index in [2.05, 4.69) is 52.3 Å². The molecule has 1 aliphatic rings. The molecule has 0 atom stereocenters. The second-order valence-corrected chi connectivity index (χ2v) is 11.5. The number of halogens is 2. The Morgan fingerprint density at radius 1 is 0.875 bits per heavy atom. The van der Waals surface area contributed by atoms with E-state index < -0.39 is 8.80 Å². The van der Waals surface area contributed by atoms with Crippen molar-refractivity contribution in [2.45, 2.75) is 20.4 Å². The van der Waals surface area contributed by atoms with Crippen LogP contribution in [0.25, 0.3) is 9.75 Å². The van der Waals surface area contributed by atoms with E-state index in [-0.39, 0.29) is 0 Å². The van der Waals surface area contributed by atoms with Crippen molar-refractivity contribution < 1.29 is 0 Å². The lowest BCUT2D eigenvalue weighted by Crippen LogP contribution is -2.36. The highest BCUT2D eigenvalue weighted by Crippen LogP contribution is 2.42. The van der Waals surface area contributed by atoms with Crippen LogP contribution in [0, 0.1) is 13.8 Å². The smallest absolute Gasteiger partial charge is 0.104 e. The van der Waals surface area contributed by atoms with Gasteiger partial charge in [-0.3, -0.25) is 0 Å². The van der Waals surface area contributed by atoms with Gasteiger partial charge in [0.05, 0.1) is 7.57 Å². The van der Waals surface area contributed by atoms with E-state index in [1.54, 1.807) is 10.4 Å². The predicted molar refractivity (Wildman–Crippen MR) is 84.8 cm³/mol. The molecule has 0 N–H and O–H groups in total. The summed E-state index contributed by atoms with van der Waals surface area (Å²) < 4.78 is 2.65. The standard InChI is InChI=1S/C11H10Br2S2Si/c1-4-8-6(14-10(4)12)7-9(16(8)3)5(2)11(13)15-7/h16H,1-3H3. The Labute approximate surface area is 122 Å². The topological polar surface area (TPSA) is 0 Å².